The monoisotopic (exact) mass is 345 g/mol. The molecule has 1 aromatic heterocycles. The van der Waals surface area contributed by atoms with Gasteiger partial charge in [-0.3, -0.25) is 4.79 Å². The fourth-order valence-corrected chi connectivity index (χ4v) is 3.03. The number of hydrogen-bond donors (Lipinski definition) is 0. The number of likely N-dealkylation sites (tertiary alicyclic amines) is 1. The molecule has 1 aromatic carbocycles. The highest BCUT2D eigenvalue weighted by molar-refractivity contribution is 5.79. The van der Waals surface area contributed by atoms with E-state index < -0.39 is 0 Å². The van der Waals surface area contributed by atoms with Crippen molar-refractivity contribution < 1.29 is 18.8 Å². The summed E-state index contributed by atoms with van der Waals surface area (Å²) in [5.41, 5.74) is 1.10. The number of aryl methyl sites for hydroxylation is 1. The summed E-state index contributed by atoms with van der Waals surface area (Å²) in [6, 6.07) is 5.82. The summed E-state index contributed by atoms with van der Waals surface area (Å²) in [6.45, 7) is 3.25. The lowest BCUT2D eigenvalue weighted by Crippen LogP contribution is -2.27. The van der Waals surface area contributed by atoms with Crippen molar-refractivity contribution in [2.75, 3.05) is 27.3 Å². The van der Waals surface area contributed by atoms with Crippen LogP contribution in [0.15, 0.2) is 22.7 Å². The van der Waals surface area contributed by atoms with E-state index in [1.807, 2.05) is 30.0 Å². The van der Waals surface area contributed by atoms with E-state index in [0.29, 0.717) is 42.7 Å². The number of benzene rings is 1. The number of aromatic nitrogens is 2. The lowest BCUT2D eigenvalue weighted by Gasteiger charge is -2.16. The summed E-state index contributed by atoms with van der Waals surface area (Å²) in [7, 11) is 3.23. The Labute approximate surface area is 146 Å². The van der Waals surface area contributed by atoms with Gasteiger partial charge >= 0.3 is 0 Å². The molecule has 1 saturated heterocycles. The van der Waals surface area contributed by atoms with Gasteiger partial charge in [0.1, 0.15) is 0 Å². The van der Waals surface area contributed by atoms with Crippen molar-refractivity contribution >= 4 is 5.91 Å². The fourth-order valence-electron chi connectivity index (χ4n) is 3.03. The lowest BCUT2D eigenvalue weighted by atomic mass is 10.1. The van der Waals surface area contributed by atoms with E-state index in [1.165, 1.54) is 0 Å². The van der Waals surface area contributed by atoms with Gasteiger partial charge < -0.3 is 18.9 Å². The van der Waals surface area contributed by atoms with Crippen molar-refractivity contribution in [3.8, 4) is 11.5 Å². The van der Waals surface area contributed by atoms with Gasteiger partial charge in [-0.05, 0) is 24.1 Å². The number of methoxy groups -OCH3 is 2. The molecular formula is C18H23N3O4. The van der Waals surface area contributed by atoms with Crippen LogP contribution in [0.4, 0.5) is 0 Å². The third kappa shape index (κ3) is 3.75. The van der Waals surface area contributed by atoms with E-state index >= 15 is 0 Å². The molecule has 7 nitrogen and oxygen atoms in total. The maximum absolute atomic E-state index is 12.3. The number of carbonyl (C=O) groups excluding carboxylic acids is 1. The van der Waals surface area contributed by atoms with Crippen LogP contribution in [0.3, 0.4) is 0 Å². The largest absolute Gasteiger partial charge is 0.493 e. The first kappa shape index (κ1) is 17.3. The van der Waals surface area contributed by atoms with Crippen LogP contribution in [0.25, 0.3) is 0 Å². The van der Waals surface area contributed by atoms with Crippen LogP contribution >= 0.6 is 0 Å². The average Bonchev–Trinajstić information content (AvgIpc) is 3.26. The molecule has 2 heterocycles. The summed E-state index contributed by atoms with van der Waals surface area (Å²) < 4.78 is 15.9. The topological polar surface area (TPSA) is 77.7 Å². The van der Waals surface area contributed by atoms with Crippen LogP contribution in [0.5, 0.6) is 11.5 Å². The zero-order chi connectivity index (χ0) is 17.8. The highest BCUT2D eigenvalue weighted by Gasteiger charge is 2.33. The van der Waals surface area contributed by atoms with Crippen LogP contribution < -0.4 is 9.47 Å². The molecule has 25 heavy (non-hydrogen) atoms. The molecule has 0 aliphatic carbocycles. The van der Waals surface area contributed by atoms with Gasteiger partial charge in [-0.1, -0.05) is 18.1 Å². The van der Waals surface area contributed by atoms with Crippen LogP contribution in [0.1, 0.15) is 36.5 Å². The lowest BCUT2D eigenvalue weighted by molar-refractivity contribution is -0.127. The molecule has 1 aliphatic rings. The Morgan fingerprint density at radius 1 is 1.28 bits per heavy atom. The molecule has 0 saturated carbocycles. The van der Waals surface area contributed by atoms with Crippen molar-refractivity contribution in [2.24, 2.45) is 0 Å². The summed E-state index contributed by atoms with van der Waals surface area (Å²) in [5.74, 6) is 2.77. The van der Waals surface area contributed by atoms with E-state index in [4.69, 9.17) is 14.0 Å². The molecule has 3 rings (SSSR count). The van der Waals surface area contributed by atoms with E-state index in [9.17, 15) is 4.79 Å². The smallest absolute Gasteiger partial charge is 0.232 e. The van der Waals surface area contributed by atoms with Gasteiger partial charge in [-0.2, -0.15) is 4.98 Å². The molecular weight excluding hydrogens is 322 g/mol. The normalized spacial score (nSPS) is 17.2. The van der Waals surface area contributed by atoms with E-state index in [-0.39, 0.29) is 11.8 Å². The number of carbonyl (C=O) groups is 1. The highest BCUT2D eigenvalue weighted by Crippen LogP contribution is 2.29. The van der Waals surface area contributed by atoms with Crippen molar-refractivity contribution in [2.45, 2.75) is 32.1 Å². The van der Waals surface area contributed by atoms with Gasteiger partial charge in [0.05, 0.1) is 20.1 Å². The Bertz CT molecular complexity index is 744. The predicted octanol–water partition coefficient (Wildman–Crippen LogP) is 2.21. The first-order chi connectivity index (χ1) is 12.1. The maximum atomic E-state index is 12.3. The Kier molecular flexibility index (Phi) is 5.21. The SMILES string of the molecule is CCc1noc(C2CC(=O)N(CCc3ccc(OC)c(OC)c3)C2)n1. The second kappa shape index (κ2) is 7.55. The molecule has 1 amide bonds. The van der Waals surface area contributed by atoms with Crippen molar-refractivity contribution in [3.63, 3.8) is 0 Å². The molecule has 1 fully saturated rings. The second-order valence-electron chi connectivity index (χ2n) is 6.08. The van der Waals surface area contributed by atoms with Gasteiger partial charge in [0.25, 0.3) is 0 Å². The summed E-state index contributed by atoms with van der Waals surface area (Å²) in [5, 5.41) is 3.92. The van der Waals surface area contributed by atoms with Crippen LogP contribution in [-0.2, 0) is 17.6 Å². The minimum Gasteiger partial charge on any atom is -0.493 e. The first-order valence-electron chi connectivity index (χ1n) is 8.45. The molecule has 1 unspecified atom stereocenters. The molecule has 2 aromatic rings. The molecule has 0 bridgehead atoms. The molecule has 7 heteroatoms. The number of amides is 1. The number of hydrogen-bond acceptors (Lipinski definition) is 6. The second-order valence-corrected chi connectivity index (χ2v) is 6.08. The van der Waals surface area contributed by atoms with E-state index in [1.54, 1.807) is 14.2 Å². The minimum absolute atomic E-state index is 0.00861. The van der Waals surface area contributed by atoms with Crippen LogP contribution in [0, 0.1) is 0 Å². The molecule has 1 atom stereocenters. The van der Waals surface area contributed by atoms with Gasteiger partial charge in [0.2, 0.25) is 11.8 Å². The number of ether oxygens (including phenoxy) is 2. The van der Waals surface area contributed by atoms with E-state index in [0.717, 1.165) is 18.4 Å². The number of nitrogens with zero attached hydrogens (tertiary/aromatic N) is 3. The van der Waals surface area contributed by atoms with E-state index in [2.05, 4.69) is 10.1 Å². The van der Waals surface area contributed by atoms with Gasteiger partial charge in [-0.25, -0.2) is 0 Å². The summed E-state index contributed by atoms with van der Waals surface area (Å²) in [4.78, 5) is 18.5. The van der Waals surface area contributed by atoms with Crippen molar-refractivity contribution in [1.82, 2.24) is 15.0 Å². The zero-order valence-corrected chi connectivity index (χ0v) is 14.8. The third-order valence-electron chi connectivity index (χ3n) is 4.48. The Morgan fingerprint density at radius 3 is 2.76 bits per heavy atom. The molecule has 1 aliphatic heterocycles. The molecule has 0 spiro atoms. The molecule has 134 valence electrons. The Morgan fingerprint density at radius 2 is 2.08 bits per heavy atom. The quantitative estimate of drug-likeness (QED) is 0.766. The summed E-state index contributed by atoms with van der Waals surface area (Å²) >= 11 is 0. The standard InChI is InChI=1S/C18H23N3O4/c1-4-16-19-18(25-20-16)13-10-17(22)21(11-13)8-7-12-5-6-14(23-2)15(9-12)24-3/h5-6,9,13H,4,7-8,10-11H2,1-3H3. The number of rotatable bonds is 7. The summed E-state index contributed by atoms with van der Waals surface area (Å²) in [6.07, 6.45) is 1.91. The first-order valence-corrected chi connectivity index (χ1v) is 8.45. The van der Waals surface area contributed by atoms with Gasteiger partial charge in [0.15, 0.2) is 17.3 Å². The van der Waals surface area contributed by atoms with Gasteiger partial charge in [0, 0.05) is 25.9 Å². The molecule has 0 radical (unpaired) electrons. The van der Waals surface area contributed by atoms with Crippen LogP contribution in [0.2, 0.25) is 0 Å². The highest BCUT2D eigenvalue weighted by atomic mass is 16.5. The Hall–Kier alpha value is -2.57. The third-order valence-corrected chi connectivity index (χ3v) is 4.48. The van der Waals surface area contributed by atoms with Gasteiger partial charge in [-0.15, -0.1) is 0 Å². The molecule has 0 N–H and O–H groups in total. The maximum Gasteiger partial charge on any atom is 0.232 e. The van der Waals surface area contributed by atoms with Crippen LogP contribution in [-0.4, -0.2) is 48.3 Å². The van der Waals surface area contributed by atoms with Crippen molar-refractivity contribution in [1.29, 1.82) is 0 Å². The minimum atomic E-state index is -0.00861. The zero-order valence-electron chi connectivity index (χ0n) is 14.8. The van der Waals surface area contributed by atoms with Crippen molar-refractivity contribution in [3.05, 3.63) is 35.5 Å². The Balaban J connectivity index is 1.61. The average molecular weight is 345 g/mol. The predicted molar refractivity (Wildman–Crippen MR) is 90.9 cm³/mol. The fraction of sp³-hybridized carbons (Fsp3) is 0.500.